The monoisotopic (exact) mass is 707 g/mol. The first-order valence-corrected chi connectivity index (χ1v) is 17.4. The van der Waals surface area contributed by atoms with Gasteiger partial charge < -0.3 is 25.0 Å². The molecule has 0 radical (unpaired) electrons. The number of piperazine rings is 1. The van der Waals surface area contributed by atoms with Gasteiger partial charge in [0, 0.05) is 61.8 Å². The number of likely N-dealkylation sites (tertiary alicyclic amines) is 1. The number of amides is 1. The topological polar surface area (TPSA) is 131 Å². The first-order valence-electron chi connectivity index (χ1n) is 15.1. The summed E-state index contributed by atoms with van der Waals surface area (Å²) in [6.45, 7) is 5.28. The van der Waals surface area contributed by atoms with E-state index >= 15 is 0 Å². The molecule has 3 aliphatic rings. The minimum Gasteiger partial charge on any atom is -0.488 e. The second-order valence-electron chi connectivity index (χ2n) is 12.0. The van der Waals surface area contributed by atoms with E-state index in [9.17, 15) is 26.4 Å². The number of benzene rings is 2. The number of nitrogens with zero attached hydrogens (tertiary/aromatic N) is 3. The number of sulfonamides is 1. The van der Waals surface area contributed by atoms with Crippen molar-refractivity contribution in [2.24, 2.45) is 10.9 Å². The maximum atomic E-state index is 13.2. The molecule has 0 bridgehead atoms. The molecule has 0 saturated carbocycles. The number of hydrogen-bond donors (Lipinski definition) is 2. The van der Waals surface area contributed by atoms with Crippen molar-refractivity contribution in [2.45, 2.75) is 54.9 Å². The molecule has 2 saturated heterocycles. The molecular formula is C30H38Cl2F3N5O5S. The number of alkyl halides is 3. The zero-order valence-electron chi connectivity index (χ0n) is 25.3. The van der Waals surface area contributed by atoms with Crippen LogP contribution in [0.15, 0.2) is 35.2 Å². The summed E-state index contributed by atoms with van der Waals surface area (Å²) in [4.78, 5) is 17.1. The Balaban J connectivity index is 1.40. The van der Waals surface area contributed by atoms with Crippen LogP contribution in [0, 0.1) is 0 Å². The molecule has 1 amide bonds. The first kappa shape index (κ1) is 35.1. The van der Waals surface area contributed by atoms with Gasteiger partial charge in [-0.15, -0.1) is 0 Å². The summed E-state index contributed by atoms with van der Waals surface area (Å²) in [6.07, 6.45) is -4.39. The van der Waals surface area contributed by atoms with E-state index in [0.717, 1.165) is 22.6 Å². The van der Waals surface area contributed by atoms with Crippen LogP contribution in [0.2, 0.25) is 10.0 Å². The van der Waals surface area contributed by atoms with E-state index in [1.165, 1.54) is 6.07 Å². The van der Waals surface area contributed by atoms with Crippen LogP contribution >= 0.6 is 23.2 Å². The van der Waals surface area contributed by atoms with E-state index < -0.39 is 40.3 Å². The quantitative estimate of drug-likeness (QED) is 0.359. The van der Waals surface area contributed by atoms with E-state index in [4.69, 9.17) is 43.5 Å². The fourth-order valence-corrected chi connectivity index (χ4v) is 8.28. The number of hydrogen-bond acceptors (Lipinski definition) is 8. The van der Waals surface area contributed by atoms with Gasteiger partial charge in [-0.1, -0.05) is 23.2 Å². The van der Waals surface area contributed by atoms with Crippen molar-refractivity contribution in [2.75, 3.05) is 59.0 Å². The average Bonchev–Trinajstić information content (AvgIpc) is 3.59. The number of rotatable bonds is 10. The van der Waals surface area contributed by atoms with Gasteiger partial charge in [-0.2, -0.15) is 13.2 Å². The molecule has 4 N–H and O–H groups in total. The van der Waals surface area contributed by atoms with Crippen LogP contribution in [0.25, 0.3) is 0 Å². The predicted octanol–water partition coefficient (Wildman–Crippen LogP) is 3.55. The van der Waals surface area contributed by atoms with Crippen molar-refractivity contribution in [1.29, 1.82) is 0 Å². The molecule has 5 rings (SSSR count). The summed E-state index contributed by atoms with van der Waals surface area (Å²) >= 11 is 13.0. The van der Waals surface area contributed by atoms with Crippen LogP contribution in [-0.2, 0) is 26.0 Å². The summed E-state index contributed by atoms with van der Waals surface area (Å²) in [5, 5.41) is 6.48. The molecule has 10 nitrogen and oxygen atoms in total. The Morgan fingerprint density at radius 1 is 1.07 bits per heavy atom. The van der Waals surface area contributed by atoms with Gasteiger partial charge in [0.25, 0.3) is 0 Å². The molecule has 254 valence electrons. The molecule has 2 fully saturated rings. The molecule has 2 heterocycles. The maximum Gasteiger partial charge on any atom is 0.471 e. The third-order valence-corrected chi connectivity index (χ3v) is 10.5. The Hall–Kier alpha value is -2.17. The molecule has 4 atom stereocenters. The molecule has 0 aromatic heterocycles. The zero-order chi connectivity index (χ0) is 33.4. The molecule has 46 heavy (non-hydrogen) atoms. The van der Waals surface area contributed by atoms with E-state index in [0.29, 0.717) is 67.0 Å². The van der Waals surface area contributed by atoms with Gasteiger partial charge >= 0.3 is 12.1 Å². The lowest BCUT2D eigenvalue weighted by molar-refractivity contribution is -0.190. The van der Waals surface area contributed by atoms with Gasteiger partial charge in [-0.25, -0.2) is 13.6 Å². The summed E-state index contributed by atoms with van der Waals surface area (Å²) < 4.78 is 77.0. The standard InChI is InChI=1S/C30H38Cl2F3N5O5S/c1-18-16-39(7-8-40(18)29(41)30(33,34)35)28-24-12-20(31)13-25(32)23(24)15-26(28)45-21-2-3-27(46(37,42)43)22(14-21)19-4-6-38(17-19)9-11-44-10-5-36/h2-3,12-14,18-19,26,28H,4-11,15-17,36H2,1H3,(H2,37,42,43)/t18-,19-,26+,28+/m1/s1. The third kappa shape index (κ3) is 7.75. The van der Waals surface area contributed by atoms with E-state index in [1.54, 1.807) is 31.2 Å². The largest absolute Gasteiger partial charge is 0.488 e. The first-order chi connectivity index (χ1) is 21.7. The highest BCUT2D eigenvalue weighted by molar-refractivity contribution is 7.89. The molecule has 0 unspecified atom stereocenters. The number of ether oxygens (including phenoxy) is 2. The average molecular weight is 709 g/mol. The van der Waals surface area contributed by atoms with Gasteiger partial charge in [0.05, 0.1) is 24.2 Å². The summed E-state index contributed by atoms with van der Waals surface area (Å²) in [5.41, 5.74) is 7.67. The Labute approximate surface area is 276 Å². The van der Waals surface area contributed by atoms with Crippen molar-refractivity contribution in [3.8, 4) is 5.75 Å². The van der Waals surface area contributed by atoms with Crippen molar-refractivity contribution >= 4 is 39.1 Å². The summed E-state index contributed by atoms with van der Waals surface area (Å²) in [5.74, 6) is -1.55. The Morgan fingerprint density at radius 2 is 1.83 bits per heavy atom. The second-order valence-corrected chi connectivity index (χ2v) is 14.4. The van der Waals surface area contributed by atoms with Gasteiger partial charge in [0.1, 0.15) is 11.9 Å². The molecule has 16 heteroatoms. The summed E-state index contributed by atoms with van der Waals surface area (Å²) in [6, 6.07) is 7.01. The highest BCUT2D eigenvalue weighted by Gasteiger charge is 2.47. The molecule has 1 aliphatic carbocycles. The molecule has 2 aromatic rings. The number of nitrogens with two attached hydrogens (primary N) is 2. The van der Waals surface area contributed by atoms with E-state index in [2.05, 4.69) is 4.90 Å². The van der Waals surface area contributed by atoms with Gasteiger partial charge in [0.15, 0.2) is 0 Å². The molecule has 2 aliphatic heterocycles. The zero-order valence-corrected chi connectivity index (χ0v) is 27.6. The smallest absolute Gasteiger partial charge is 0.471 e. The Morgan fingerprint density at radius 3 is 2.50 bits per heavy atom. The second kappa shape index (κ2) is 14.1. The molecular weight excluding hydrogens is 670 g/mol. The lowest BCUT2D eigenvalue weighted by Crippen LogP contribution is -2.58. The Kier molecular flexibility index (Phi) is 10.8. The van der Waals surface area contributed by atoms with E-state index in [1.807, 2.05) is 4.90 Å². The lowest BCUT2D eigenvalue weighted by atomic mass is 9.98. The highest BCUT2D eigenvalue weighted by atomic mass is 35.5. The highest BCUT2D eigenvalue weighted by Crippen LogP contribution is 2.44. The lowest BCUT2D eigenvalue weighted by Gasteiger charge is -2.44. The van der Waals surface area contributed by atoms with Crippen molar-refractivity contribution in [1.82, 2.24) is 14.7 Å². The minimum absolute atomic E-state index is 0.0337. The number of halogens is 5. The predicted molar refractivity (Wildman–Crippen MR) is 168 cm³/mol. The Bertz CT molecular complexity index is 1550. The third-order valence-electron chi connectivity index (χ3n) is 8.93. The normalized spacial score (nSPS) is 24.4. The van der Waals surface area contributed by atoms with Crippen LogP contribution < -0.4 is 15.6 Å². The fourth-order valence-electron chi connectivity index (χ4n) is 6.88. The van der Waals surface area contributed by atoms with Gasteiger partial charge in [-0.3, -0.25) is 9.69 Å². The van der Waals surface area contributed by atoms with Crippen molar-refractivity contribution in [3.05, 3.63) is 57.1 Å². The van der Waals surface area contributed by atoms with Crippen LogP contribution in [-0.4, -0.2) is 106 Å². The molecule has 2 aromatic carbocycles. The number of fused-ring (bicyclic) bond motifs is 1. The van der Waals surface area contributed by atoms with E-state index in [-0.39, 0.29) is 30.4 Å². The van der Waals surface area contributed by atoms with Crippen molar-refractivity contribution in [3.63, 3.8) is 0 Å². The number of carbonyl (C=O) groups excluding carboxylic acids is 1. The van der Waals surface area contributed by atoms with Crippen LogP contribution in [0.4, 0.5) is 13.2 Å². The maximum absolute atomic E-state index is 13.2. The fraction of sp³-hybridized carbons (Fsp3) is 0.567. The molecule has 0 spiro atoms. The van der Waals surface area contributed by atoms with Crippen molar-refractivity contribution < 1.29 is 35.9 Å². The van der Waals surface area contributed by atoms with Crippen LogP contribution in [0.5, 0.6) is 5.75 Å². The van der Waals surface area contributed by atoms with Gasteiger partial charge in [0.2, 0.25) is 10.0 Å². The minimum atomic E-state index is -4.96. The number of primary sulfonamides is 1. The van der Waals surface area contributed by atoms with Gasteiger partial charge in [-0.05, 0) is 72.8 Å². The van der Waals surface area contributed by atoms with Crippen LogP contribution in [0.3, 0.4) is 0 Å². The summed E-state index contributed by atoms with van der Waals surface area (Å²) in [7, 11) is -4.03. The van der Waals surface area contributed by atoms with Crippen LogP contribution in [0.1, 0.15) is 42.0 Å². The number of carbonyl (C=O) groups is 1. The SMILES string of the molecule is C[C@@H]1CN([C@H]2c3cc(Cl)cc(Cl)c3C[C@@H]2Oc2ccc(S(N)(=O)=O)c([C@@H]3CCN(CCOCCN)C3)c2)CCN1C(=O)C(F)(F)F.